The Morgan fingerprint density at radius 1 is 1.45 bits per heavy atom. The summed E-state index contributed by atoms with van der Waals surface area (Å²) in [5.41, 5.74) is 4.89. The second kappa shape index (κ2) is 7.00. The van der Waals surface area contributed by atoms with E-state index in [1.54, 1.807) is 38.1 Å². The Bertz CT molecular complexity index is 486. The molecule has 0 aliphatic carbocycles. The van der Waals surface area contributed by atoms with Gasteiger partial charge in [0.2, 0.25) is 0 Å². The van der Waals surface area contributed by atoms with Crippen molar-refractivity contribution in [3.05, 3.63) is 29.3 Å². The predicted octanol–water partition coefficient (Wildman–Crippen LogP) is 1.61. The summed E-state index contributed by atoms with van der Waals surface area (Å²) >= 11 is 5.74. The second-order valence-corrected chi connectivity index (χ2v) is 5.32. The summed E-state index contributed by atoms with van der Waals surface area (Å²) in [6.07, 6.45) is 0. The highest BCUT2D eigenvalue weighted by molar-refractivity contribution is 6.30. The minimum atomic E-state index is -0.634. The second-order valence-electron chi connectivity index (χ2n) is 4.89. The molecule has 0 atom stereocenters. The first-order chi connectivity index (χ1) is 9.35. The molecule has 4 N–H and O–H groups in total. The molecule has 0 bridgehead atoms. The molecule has 0 fully saturated rings. The average molecular weight is 300 g/mol. The summed E-state index contributed by atoms with van der Waals surface area (Å²) in [5, 5.41) is 14.8. The highest BCUT2D eigenvalue weighted by Gasteiger charge is 2.24. The quantitative estimate of drug-likeness (QED) is 0.322. The van der Waals surface area contributed by atoms with Crippen LogP contribution in [0.5, 0.6) is 5.75 Å². The number of nitrogens with zero attached hydrogens (tertiary/aromatic N) is 1. The molecular formula is C13H18ClN3O3. The highest BCUT2D eigenvalue weighted by Crippen LogP contribution is 2.15. The van der Waals surface area contributed by atoms with Gasteiger partial charge in [-0.15, -0.1) is 0 Å². The van der Waals surface area contributed by atoms with E-state index in [9.17, 15) is 4.79 Å². The van der Waals surface area contributed by atoms with Crippen LogP contribution in [-0.2, 0) is 4.79 Å². The Morgan fingerprint density at radius 3 is 2.60 bits per heavy atom. The Hall–Kier alpha value is -1.95. The molecule has 1 aromatic carbocycles. The van der Waals surface area contributed by atoms with Gasteiger partial charge in [0.25, 0.3) is 5.91 Å². The molecule has 0 heterocycles. The van der Waals surface area contributed by atoms with E-state index in [1.807, 2.05) is 0 Å². The first-order valence-corrected chi connectivity index (χ1v) is 6.36. The zero-order valence-corrected chi connectivity index (χ0v) is 12.1. The number of hydrogen-bond donors (Lipinski definition) is 3. The summed E-state index contributed by atoms with van der Waals surface area (Å²) < 4.78 is 5.29. The number of halogens is 1. The Labute approximate surface area is 122 Å². The van der Waals surface area contributed by atoms with Crippen LogP contribution >= 0.6 is 11.6 Å². The number of amidine groups is 1. The fourth-order valence-corrected chi connectivity index (χ4v) is 1.40. The van der Waals surface area contributed by atoms with Crippen molar-refractivity contribution in [2.24, 2.45) is 16.3 Å². The lowest BCUT2D eigenvalue weighted by Crippen LogP contribution is -2.43. The summed E-state index contributed by atoms with van der Waals surface area (Å²) in [5.74, 6) is 0.315. The lowest BCUT2D eigenvalue weighted by Gasteiger charge is -2.23. The van der Waals surface area contributed by atoms with Gasteiger partial charge in [-0.05, 0) is 24.3 Å². The molecule has 20 heavy (non-hydrogen) atoms. The van der Waals surface area contributed by atoms with Crippen LogP contribution in [0.2, 0.25) is 5.02 Å². The summed E-state index contributed by atoms with van der Waals surface area (Å²) in [6, 6.07) is 6.71. The standard InChI is InChI=1S/C13H18ClN3O3/c1-13(2,12(15)17-19)8-16-11(18)7-20-10-5-3-9(14)4-6-10/h3-6,19H,7-8H2,1-2H3,(H2,15,17)(H,16,18). The normalized spacial score (nSPS) is 12.1. The van der Waals surface area contributed by atoms with Gasteiger partial charge in [-0.3, -0.25) is 4.79 Å². The van der Waals surface area contributed by atoms with Crippen molar-refractivity contribution in [3.8, 4) is 5.75 Å². The third-order valence-electron chi connectivity index (χ3n) is 2.71. The van der Waals surface area contributed by atoms with Crippen LogP contribution < -0.4 is 15.8 Å². The van der Waals surface area contributed by atoms with Crippen LogP contribution in [0.4, 0.5) is 0 Å². The Morgan fingerprint density at radius 2 is 2.05 bits per heavy atom. The fraction of sp³-hybridized carbons (Fsp3) is 0.385. The van der Waals surface area contributed by atoms with Crippen LogP contribution in [0.3, 0.4) is 0 Å². The molecule has 110 valence electrons. The number of carbonyl (C=O) groups is 1. The number of ether oxygens (including phenoxy) is 1. The van der Waals surface area contributed by atoms with E-state index in [0.717, 1.165) is 0 Å². The van der Waals surface area contributed by atoms with Gasteiger partial charge < -0.3 is 21.0 Å². The number of rotatable bonds is 6. The van der Waals surface area contributed by atoms with Crippen molar-refractivity contribution >= 4 is 23.3 Å². The monoisotopic (exact) mass is 299 g/mol. The molecule has 1 rings (SSSR count). The van der Waals surface area contributed by atoms with E-state index in [1.165, 1.54) is 0 Å². The topological polar surface area (TPSA) is 96.9 Å². The smallest absolute Gasteiger partial charge is 0.257 e. The van der Waals surface area contributed by atoms with Crippen LogP contribution in [-0.4, -0.2) is 30.1 Å². The van der Waals surface area contributed by atoms with Crippen molar-refractivity contribution in [3.63, 3.8) is 0 Å². The maximum absolute atomic E-state index is 11.6. The van der Waals surface area contributed by atoms with Crippen molar-refractivity contribution in [1.82, 2.24) is 5.32 Å². The zero-order valence-electron chi connectivity index (χ0n) is 11.4. The van der Waals surface area contributed by atoms with Gasteiger partial charge >= 0.3 is 0 Å². The van der Waals surface area contributed by atoms with E-state index < -0.39 is 5.41 Å². The van der Waals surface area contributed by atoms with E-state index in [0.29, 0.717) is 10.8 Å². The minimum absolute atomic E-state index is 0.0522. The van der Waals surface area contributed by atoms with Gasteiger partial charge in [0, 0.05) is 17.0 Å². The van der Waals surface area contributed by atoms with E-state index in [4.69, 9.17) is 27.3 Å². The number of benzene rings is 1. The molecule has 0 aromatic heterocycles. The van der Waals surface area contributed by atoms with Crippen LogP contribution in [0.25, 0.3) is 0 Å². The molecule has 1 aromatic rings. The summed E-state index contributed by atoms with van der Waals surface area (Å²) in [7, 11) is 0. The van der Waals surface area contributed by atoms with Gasteiger partial charge in [-0.2, -0.15) is 0 Å². The minimum Gasteiger partial charge on any atom is -0.484 e. The molecule has 0 saturated heterocycles. The molecule has 0 saturated carbocycles. The van der Waals surface area contributed by atoms with Gasteiger partial charge in [0.1, 0.15) is 11.6 Å². The van der Waals surface area contributed by atoms with Crippen molar-refractivity contribution < 1.29 is 14.7 Å². The van der Waals surface area contributed by atoms with Crippen molar-refractivity contribution in [1.29, 1.82) is 0 Å². The Kier molecular flexibility index (Phi) is 5.64. The van der Waals surface area contributed by atoms with E-state index >= 15 is 0 Å². The highest BCUT2D eigenvalue weighted by atomic mass is 35.5. The molecular weight excluding hydrogens is 282 g/mol. The number of nitrogens with two attached hydrogens (primary N) is 1. The van der Waals surface area contributed by atoms with Gasteiger partial charge in [-0.25, -0.2) is 0 Å². The van der Waals surface area contributed by atoms with Crippen LogP contribution in [0, 0.1) is 5.41 Å². The Balaban J connectivity index is 2.39. The first-order valence-electron chi connectivity index (χ1n) is 5.98. The maximum atomic E-state index is 11.6. The number of carbonyl (C=O) groups excluding carboxylic acids is 1. The molecule has 0 radical (unpaired) electrons. The summed E-state index contributed by atoms with van der Waals surface area (Å²) in [4.78, 5) is 11.6. The molecule has 0 spiro atoms. The lowest BCUT2D eigenvalue weighted by atomic mass is 9.92. The summed E-state index contributed by atoms with van der Waals surface area (Å²) in [6.45, 7) is 3.63. The van der Waals surface area contributed by atoms with Crippen LogP contribution in [0.15, 0.2) is 29.4 Å². The largest absolute Gasteiger partial charge is 0.484 e. The zero-order chi connectivity index (χ0) is 15.2. The number of nitrogens with one attached hydrogen (secondary N) is 1. The molecule has 0 unspecified atom stereocenters. The van der Waals surface area contributed by atoms with Crippen molar-refractivity contribution in [2.75, 3.05) is 13.2 Å². The SMILES string of the molecule is CC(C)(CNC(=O)COc1ccc(Cl)cc1)/C(N)=N/O. The van der Waals surface area contributed by atoms with Gasteiger partial charge in [0.05, 0.1) is 0 Å². The lowest BCUT2D eigenvalue weighted by molar-refractivity contribution is -0.123. The molecule has 1 amide bonds. The third kappa shape index (κ3) is 4.97. The predicted molar refractivity (Wildman–Crippen MR) is 77.1 cm³/mol. The molecule has 0 aliphatic rings. The average Bonchev–Trinajstić information content (AvgIpc) is 2.43. The number of amides is 1. The van der Waals surface area contributed by atoms with Gasteiger partial charge in [-0.1, -0.05) is 30.6 Å². The van der Waals surface area contributed by atoms with Crippen molar-refractivity contribution in [2.45, 2.75) is 13.8 Å². The molecule has 7 heteroatoms. The number of hydrogen-bond acceptors (Lipinski definition) is 4. The number of oxime groups is 1. The van der Waals surface area contributed by atoms with E-state index in [2.05, 4.69) is 10.5 Å². The maximum Gasteiger partial charge on any atom is 0.257 e. The third-order valence-corrected chi connectivity index (χ3v) is 2.96. The van der Waals surface area contributed by atoms with Gasteiger partial charge in [0.15, 0.2) is 6.61 Å². The first kappa shape index (κ1) is 16.1. The van der Waals surface area contributed by atoms with E-state index in [-0.39, 0.29) is 24.9 Å². The van der Waals surface area contributed by atoms with Crippen LogP contribution in [0.1, 0.15) is 13.8 Å². The molecule has 6 nitrogen and oxygen atoms in total. The fourth-order valence-electron chi connectivity index (χ4n) is 1.28. The molecule has 0 aliphatic heterocycles.